The molecule has 1 unspecified atom stereocenters. The number of halogens is 2. The molecule has 8 nitrogen and oxygen atoms in total. The van der Waals surface area contributed by atoms with E-state index in [-0.39, 0.29) is 17.4 Å². The number of carbonyl (C=O) groups is 1. The quantitative estimate of drug-likeness (QED) is 0.225. The summed E-state index contributed by atoms with van der Waals surface area (Å²) in [6.07, 6.45) is 0.890. The number of thioether (sulfide) groups is 1. The first-order chi connectivity index (χ1) is 13.0. The van der Waals surface area contributed by atoms with Crippen LogP contribution in [0.5, 0.6) is 0 Å². The maximum atomic E-state index is 13.9. The maximum absolute atomic E-state index is 13.9. The van der Waals surface area contributed by atoms with Crippen LogP contribution >= 0.6 is 11.8 Å². The fourth-order valence-corrected chi connectivity index (χ4v) is 3.60. The third-order valence-electron chi connectivity index (χ3n) is 4.01. The zero-order valence-corrected chi connectivity index (χ0v) is 15.1. The van der Waals surface area contributed by atoms with Gasteiger partial charge in [-0.15, -0.1) is 0 Å². The topological polar surface area (TPSA) is 113 Å². The van der Waals surface area contributed by atoms with Gasteiger partial charge >= 0.3 is 0 Å². The number of hydrogen-bond donors (Lipinski definition) is 3. The zero-order valence-electron chi connectivity index (χ0n) is 14.3. The third-order valence-corrected chi connectivity index (χ3v) is 4.96. The Kier molecular flexibility index (Phi) is 6.01. The van der Waals surface area contributed by atoms with E-state index in [2.05, 4.69) is 20.6 Å². The fraction of sp³-hybridized carbons (Fsp3) is 0.375. The lowest BCUT2D eigenvalue weighted by molar-refractivity contribution is -0.118. The number of nitrogens with one attached hydrogen (secondary N) is 2. The smallest absolute Gasteiger partial charge is 0.216 e. The molecule has 11 heteroatoms. The molecule has 1 aromatic carbocycles. The van der Waals surface area contributed by atoms with E-state index in [9.17, 15) is 18.8 Å². The predicted molar refractivity (Wildman–Crippen MR) is 92.6 cm³/mol. The van der Waals surface area contributed by atoms with Crippen molar-refractivity contribution in [3.05, 3.63) is 40.6 Å². The molecule has 1 atom stereocenters. The average molecular weight is 397 g/mol. The van der Waals surface area contributed by atoms with Crippen LogP contribution in [0.25, 0.3) is 0 Å². The molecule has 1 aliphatic rings. The molecule has 0 saturated carbocycles. The van der Waals surface area contributed by atoms with Crippen molar-refractivity contribution in [2.75, 3.05) is 12.3 Å². The molecule has 0 spiro atoms. The lowest BCUT2D eigenvalue weighted by atomic mass is 10.1. The summed E-state index contributed by atoms with van der Waals surface area (Å²) in [6.45, 7) is 1.83. The van der Waals surface area contributed by atoms with Crippen molar-refractivity contribution in [2.45, 2.75) is 30.8 Å². The Morgan fingerprint density at radius 2 is 2.26 bits per heavy atom. The number of aromatic nitrogens is 2. The van der Waals surface area contributed by atoms with Crippen LogP contribution in [0.3, 0.4) is 0 Å². The van der Waals surface area contributed by atoms with Gasteiger partial charge in [-0.3, -0.25) is 20.5 Å². The first kappa shape index (κ1) is 19.2. The van der Waals surface area contributed by atoms with E-state index >= 15 is 0 Å². The van der Waals surface area contributed by atoms with Crippen molar-refractivity contribution in [3.63, 3.8) is 0 Å². The standard InChI is InChI=1S/C16H17F2N5O3S/c1-8(24)19-4-5-27-16-14(22-26-23-16)15(21-25)20-13-3-2-10-11(13)6-9(17)7-12(10)18/h6-7,13,25H,2-5H2,1H3,(H,19,24)(H,20,21). The second-order valence-corrected chi connectivity index (χ2v) is 6.93. The number of amides is 1. The molecule has 0 fully saturated rings. The molecule has 0 bridgehead atoms. The van der Waals surface area contributed by atoms with Crippen LogP contribution in [-0.2, 0) is 11.2 Å². The minimum Gasteiger partial charge on any atom is -0.356 e. The van der Waals surface area contributed by atoms with Crippen molar-refractivity contribution < 1.29 is 23.4 Å². The highest BCUT2D eigenvalue weighted by Crippen LogP contribution is 2.36. The Labute approximate surface area is 157 Å². The van der Waals surface area contributed by atoms with Crippen molar-refractivity contribution >= 4 is 23.5 Å². The molecule has 3 N–H and O–H groups in total. The summed E-state index contributed by atoms with van der Waals surface area (Å²) in [5.41, 5.74) is 3.00. The molecule has 0 radical (unpaired) electrons. The monoisotopic (exact) mass is 397 g/mol. The van der Waals surface area contributed by atoms with Gasteiger partial charge in [0.25, 0.3) is 0 Å². The SMILES string of the molecule is CC(=O)NCCSc1nonc1C(=NC1CCc2c(F)cc(F)cc21)NO. The maximum Gasteiger partial charge on any atom is 0.216 e. The molecule has 3 rings (SSSR count). The van der Waals surface area contributed by atoms with Crippen molar-refractivity contribution in [3.8, 4) is 0 Å². The van der Waals surface area contributed by atoms with Gasteiger partial charge in [0.1, 0.15) is 11.6 Å². The number of hydrogen-bond acceptors (Lipinski definition) is 7. The molecule has 1 aliphatic carbocycles. The largest absolute Gasteiger partial charge is 0.356 e. The summed E-state index contributed by atoms with van der Waals surface area (Å²) in [6, 6.07) is 1.56. The Bertz CT molecular complexity index is 874. The van der Waals surface area contributed by atoms with Gasteiger partial charge < -0.3 is 5.32 Å². The number of nitrogens with zero attached hydrogens (tertiary/aromatic N) is 3. The number of benzene rings is 1. The molecule has 0 aliphatic heterocycles. The minimum atomic E-state index is -0.677. The van der Waals surface area contributed by atoms with Gasteiger partial charge in [-0.05, 0) is 40.3 Å². The molecule has 0 saturated heterocycles. The highest BCUT2D eigenvalue weighted by molar-refractivity contribution is 7.99. The molecule has 1 heterocycles. The number of fused-ring (bicyclic) bond motifs is 1. The summed E-state index contributed by atoms with van der Waals surface area (Å²) in [7, 11) is 0. The van der Waals surface area contributed by atoms with Gasteiger partial charge in [0, 0.05) is 25.3 Å². The Morgan fingerprint density at radius 1 is 1.44 bits per heavy atom. The van der Waals surface area contributed by atoms with Gasteiger partial charge in [0.2, 0.25) is 5.91 Å². The van der Waals surface area contributed by atoms with E-state index in [1.165, 1.54) is 24.8 Å². The van der Waals surface area contributed by atoms with Gasteiger partial charge in [0.15, 0.2) is 16.6 Å². The van der Waals surface area contributed by atoms with E-state index in [0.29, 0.717) is 41.3 Å². The first-order valence-electron chi connectivity index (χ1n) is 8.15. The van der Waals surface area contributed by atoms with Gasteiger partial charge in [-0.25, -0.2) is 13.4 Å². The second kappa shape index (κ2) is 8.44. The lowest BCUT2D eigenvalue weighted by Crippen LogP contribution is -2.23. The summed E-state index contributed by atoms with van der Waals surface area (Å²) >= 11 is 1.25. The lowest BCUT2D eigenvalue weighted by Gasteiger charge is -2.10. The Balaban J connectivity index is 1.79. The highest BCUT2D eigenvalue weighted by Gasteiger charge is 2.27. The zero-order chi connectivity index (χ0) is 19.4. The number of rotatable bonds is 6. The number of aliphatic imine (C=N–C) groups is 1. The van der Waals surface area contributed by atoms with Crippen LogP contribution in [0.15, 0.2) is 26.8 Å². The third kappa shape index (κ3) is 4.42. The predicted octanol–water partition coefficient (Wildman–Crippen LogP) is 1.99. The molecular weight excluding hydrogens is 380 g/mol. The van der Waals surface area contributed by atoms with Crippen LogP contribution in [-0.4, -0.2) is 39.6 Å². The van der Waals surface area contributed by atoms with E-state index in [1.54, 1.807) is 0 Å². The average Bonchev–Trinajstić information content (AvgIpc) is 3.23. The van der Waals surface area contributed by atoms with E-state index in [4.69, 9.17) is 4.63 Å². The first-order valence-corrected chi connectivity index (χ1v) is 9.14. The highest BCUT2D eigenvalue weighted by atomic mass is 32.2. The van der Waals surface area contributed by atoms with Crippen molar-refractivity contribution in [1.82, 2.24) is 21.1 Å². The molecule has 2 aromatic rings. The van der Waals surface area contributed by atoms with Crippen LogP contribution in [0, 0.1) is 11.6 Å². The molecular formula is C16H17F2N5O3S. The normalized spacial score (nSPS) is 16.3. The van der Waals surface area contributed by atoms with E-state index in [1.807, 2.05) is 5.48 Å². The van der Waals surface area contributed by atoms with Gasteiger partial charge in [-0.2, -0.15) is 0 Å². The van der Waals surface area contributed by atoms with Gasteiger partial charge in [0.05, 0.1) is 6.04 Å². The second-order valence-electron chi connectivity index (χ2n) is 5.85. The number of amidine groups is 1. The van der Waals surface area contributed by atoms with Crippen LogP contribution in [0.2, 0.25) is 0 Å². The summed E-state index contributed by atoms with van der Waals surface area (Å²) < 4.78 is 32.2. The van der Waals surface area contributed by atoms with E-state index < -0.39 is 17.7 Å². The van der Waals surface area contributed by atoms with Crippen molar-refractivity contribution in [2.24, 2.45) is 4.99 Å². The molecule has 1 amide bonds. The summed E-state index contributed by atoms with van der Waals surface area (Å²) in [5.74, 6) is -0.932. The Morgan fingerprint density at radius 3 is 3.00 bits per heavy atom. The Hall–Kier alpha value is -2.53. The molecule has 144 valence electrons. The van der Waals surface area contributed by atoms with Crippen molar-refractivity contribution in [1.29, 1.82) is 0 Å². The number of carbonyl (C=O) groups excluding carboxylic acids is 1. The fourth-order valence-electron chi connectivity index (χ4n) is 2.85. The van der Waals surface area contributed by atoms with Crippen LogP contribution in [0.1, 0.15) is 36.2 Å². The number of hydroxylamine groups is 1. The van der Waals surface area contributed by atoms with Crippen LogP contribution < -0.4 is 10.8 Å². The minimum absolute atomic E-state index is 0.0132. The molecule has 1 aromatic heterocycles. The van der Waals surface area contributed by atoms with Gasteiger partial charge in [-0.1, -0.05) is 11.8 Å². The summed E-state index contributed by atoms with van der Waals surface area (Å²) in [4.78, 5) is 15.2. The molecule has 27 heavy (non-hydrogen) atoms. The van der Waals surface area contributed by atoms with Crippen LogP contribution in [0.4, 0.5) is 8.78 Å². The van der Waals surface area contributed by atoms with E-state index in [0.717, 1.165) is 6.07 Å². The summed E-state index contributed by atoms with van der Waals surface area (Å²) in [5, 5.41) is 20.0.